The molecule has 0 bridgehead atoms. The molecule has 0 fully saturated rings. The number of hydrogen-bond donors (Lipinski definition) is 2. The minimum absolute atomic E-state index is 0. The first-order valence-electron chi connectivity index (χ1n) is 7.49. The number of rotatable bonds is 10. The summed E-state index contributed by atoms with van der Waals surface area (Å²) in [6.07, 6.45) is 11.3. The second-order valence-electron chi connectivity index (χ2n) is 5.52. The molecule has 0 spiro atoms. The standard InChI is InChI=1S/C18H28N2P.K/c1-5-6-14-19-21(4,20-15-10-11-17(2)3)16-18-12-8-7-9-13-18;/h1,5,7-9,11-13,19-20H,4,6,10,14-16H2,2-3H3;/q-1;+1. The van der Waals surface area contributed by atoms with Crippen molar-refractivity contribution in [3.05, 3.63) is 60.2 Å². The Morgan fingerprint density at radius 3 is 2.27 bits per heavy atom. The van der Waals surface area contributed by atoms with Gasteiger partial charge in [0.1, 0.15) is 0 Å². The quantitative estimate of drug-likeness (QED) is 0.221. The van der Waals surface area contributed by atoms with Gasteiger partial charge in [0.25, 0.3) is 0 Å². The fraction of sp³-hybridized carbons (Fsp3) is 0.389. The van der Waals surface area contributed by atoms with Crippen molar-refractivity contribution >= 4 is 13.5 Å². The van der Waals surface area contributed by atoms with Gasteiger partial charge in [-0.2, -0.15) is 0 Å². The fourth-order valence-corrected chi connectivity index (χ4v) is 4.35. The zero-order valence-corrected chi connectivity index (χ0v) is 18.3. The Morgan fingerprint density at radius 2 is 1.73 bits per heavy atom. The van der Waals surface area contributed by atoms with E-state index in [-0.39, 0.29) is 51.4 Å². The SMILES string of the molecule is [CH-]=CCCNP(=C)(Cc1ccccc1)NCCC=C(C)C.[K+]. The van der Waals surface area contributed by atoms with Crippen LogP contribution in [0, 0.1) is 6.58 Å². The van der Waals surface area contributed by atoms with Gasteiger partial charge in [-0.1, -0.05) is 54.7 Å². The van der Waals surface area contributed by atoms with Gasteiger partial charge in [-0.3, -0.25) is 16.3 Å². The van der Waals surface area contributed by atoms with E-state index in [1.54, 1.807) is 6.08 Å². The maximum atomic E-state index is 5.46. The minimum atomic E-state index is -1.64. The van der Waals surface area contributed by atoms with Gasteiger partial charge in [0.15, 0.2) is 0 Å². The van der Waals surface area contributed by atoms with Crippen molar-refractivity contribution in [1.29, 1.82) is 0 Å². The van der Waals surface area contributed by atoms with Gasteiger partial charge in [-0.05, 0) is 25.8 Å². The Kier molecular flexibility index (Phi) is 13.2. The smallest absolute Gasteiger partial charge is 0.518 e. The van der Waals surface area contributed by atoms with Crippen molar-refractivity contribution in [2.75, 3.05) is 13.1 Å². The van der Waals surface area contributed by atoms with Crippen LogP contribution in [0.25, 0.3) is 0 Å². The van der Waals surface area contributed by atoms with Crippen LogP contribution in [0.1, 0.15) is 32.3 Å². The molecular weight excluding hydrogens is 314 g/mol. The van der Waals surface area contributed by atoms with Gasteiger partial charge in [-0.15, -0.1) is 0 Å². The second kappa shape index (κ2) is 12.9. The Balaban J connectivity index is 0.00000441. The minimum Gasteiger partial charge on any atom is -0.518 e. The summed E-state index contributed by atoms with van der Waals surface area (Å²) < 4.78 is 0. The number of nitrogens with one attached hydrogen (secondary N) is 2. The molecule has 116 valence electrons. The molecule has 1 aromatic rings. The molecule has 0 saturated heterocycles. The Morgan fingerprint density at radius 1 is 1.14 bits per heavy atom. The van der Waals surface area contributed by atoms with Crippen LogP contribution in [0.2, 0.25) is 0 Å². The van der Waals surface area contributed by atoms with E-state index >= 15 is 0 Å². The molecule has 0 heterocycles. The summed E-state index contributed by atoms with van der Waals surface area (Å²) in [6, 6.07) is 10.5. The van der Waals surface area contributed by atoms with Crippen LogP contribution in [0.15, 0.2) is 48.1 Å². The average molecular weight is 343 g/mol. The molecule has 2 nitrogen and oxygen atoms in total. The maximum Gasteiger partial charge on any atom is 1.00 e. The molecular formula is C18H28KN2P. The molecule has 0 aliphatic rings. The van der Waals surface area contributed by atoms with Crippen molar-refractivity contribution in [3.63, 3.8) is 0 Å². The number of allylic oxidation sites excluding steroid dienone is 1. The van der Waals surface area contributed by atoms with Crippen LogP contribution in [0.4, 0.5) is 0 Å². The number of benzene rings is 1. The van der Waals surface area contributed by atoms with Crippen LogP contribution in [0.5, 0.6) is 0 Å². The topological polar surface area (TPSA) is 24.1 Å². The first-order valence-corrected chi connectivity index (χ1v) is 9.65. The predicted octanol–water partition coefficient (Wildman–Crippen LogP) is 1.38. The van der Waals surface area contributed by atoms with Gasteiger partial charge < -0.3 is 6.58 Å². The Hall–Kier alpha value is 0.556. The summed E-state index contributed by atoms with van der Waals surface area (Å²) in [6.45, 7) is 11.6. The summed E-state index contributed by atoms with van der Waals surface area (Å²) >= 11 is 0. The summed E-state index contributed by atoms with van der Waals surface area (Å²) in [5, 5.41) is 7.24. The van der Waals surface area contributed by atoms with Gasteiger partial charge in [0.05, 0.1) is 0 Å². The van der Waals surface area contributed by atoms with Crippen LogP contribution >= 0.6 is 7.19 Å². The zero-order chi connectivity index (χ0) is 15.6. The van der Waals surface area contributed by atoms with Gasteiger partial charge in [-0.25, -0.2) is 0 Å². The van der Waals surface area contributed by atoms with Crippen molar-refractivity contribution in [1.82, 2.24) is 10.2 Å². The molecule has 1 rings (SSSR count). The first kappa shape index (κ1) is 22.6. The molecule has 22 heavy (non-hydrogen) atoms. The van der Waals surface area contributed by atoms with E-state index in [1.165, 1.54) is 11.1 Å². The largest absolute Gasteiger partial charge is 1.00 e. The maximum absolute atomic E-state index is 5.46. The van der Waals surface area contributed by atoms with E-state index in [0.29, 0.717) is 0 Å². The average Bonchev–Trinajstić information content (AvgIpc) is 2.45. The molecule has 4 heteroatoms. The third-order valence-corrected chi connectivity index (χ3v) is 5.70. The summed E-state index contributed by atoms with van der Waals surface area (Å²) in [7, 11) is -1.64. The van der Waals surface area contributed by atoms with E-state index in [0.717, 1.165) is 32.1 Å². The molecule has 0 aliphatic carbocycles. The molecule has 1 aromatic carbocycles. The van der Waals surface area contributed by atoms with Gasteiger partial charge in [0, 0.05) is 26.4 Å². The van der Waals surface area contributed by atoms with Gasteiger partial charge >= 0.3 is 51.4 Å². The molecule has 1 atom stereocenters. The van der Waals surface area contributed by atoms with E-state index in [2.05, 4.69) is 60.7 Å². The normalized spacial score (nSPS) is 12.8. The summed E-state index contributed by atoms with van der Waals surface area (Å²) in [4.78, 5) is 0. The molecule has 0 amide bonds. The van der Waals surface area contributed by atoms with Crippen LogP contribution in [-0.4, -0.2) is 19.4 Å². The zero-order valence-electron chi connectivity index (χ0n) is 14.3. The summed E-state index contributed by atoms with van der Waals surface area (Å²) in [5.41, 5.74) is 2.68. The molecule has 1 unspecified atom stereocenters. The van der Waals surface area contributed by atoms with Crippen LogP contribution in [-0.2, 0) is 6.16 Å². The summed E-state index contributed by atoms with van der Waals surface area (Å²) in [5.74, 6) is 0. The molecule has 2 N–H and O–H groups in total. The predicted molar refractivity (Wildman–Crippen MR) is 97.7 cm³/mol. The van der Waals surface area contributed by atoms with Crippen LogP contribution in [0.3, 0.4) is 0 Å². The molecule has 0 aliphatic heterocycles. The Bertz CT molecular complexity index is 493. The van der Waals surface area contributed by atoms with Crippen LogP contribution < -0.4 is 61.6 Å². The Labute approximate surface area is 179 Å². The van der Waals surface area contributed by atoms with E-state index < -0.39 is 7.19 Å². The van der Waals surface area contributed by atoms with E-state index in [4.69, 9.17) is 6.58 Å². The molecule has 0 saturated carbocycles. The monoisotopic (exact) mass is 342 g/mol. The van der Waals surface area contributed by atoms with E-state index in [1.807, 2.05) is 6.07 Å². The fourth-order valence-electron chi connectivity index (χ4n) is 2.06. The van der Waals surface area contributed by atoms with Crippen molar-refractivity contribution in [2.45, 2.75) is 32.9 Å². The molecule has 0 aromatic heterocycles. The van der Waals surface area contributed by atoms with Crippen molar-refractivity contribution < 1.29 is 51.4 Å². The van der Waals surface area contributed by atoms with Gasteiger partial charge in [0.2, 0.25) is 0 Å². The van der Waals surface area contributed by atoms with E-state index in [9.17, 15) is 0 Å². The third kappa shape index (κ3) is 10.4. The number of hydrogen-bond acceptors (Lipinski definition) is 2. The third-order valence-electron chi connectivity index (χ3n) is 3.13. The van der Waals surface area contributed by atoms with Crippen molar-refractivity contribution in [3.8, 4) is 0 Å². The van der Waals surface area contributed by atoms with Crippen molar-refractivity contribution in [2.24, 2.45) is 0 Å². The first-order chi connectivity index (χ1) is 10.1. The molecule has 0 radical (unpaired) electrons. The second-order valence-corrected chi connectivity index (χ2v) is 8.41.